The fourth-order valence-electron chi connectivity index (χ4n) is 1.83. The Balaban J connectivity index is 2.43. The normalized spacial score (nSPS) is 11.9. The van der Waals surface area contributed by atoms with E-state index in [9.17, 15) is 5.11 Å². The Hall–Kier alpha value is -2.27. The zero-order chi connectivity index (χ0) is 13.8. The number of rotatable bonds is 4. The second kappa shape index (κ2) is 5.58. The molecule has 1 unspecified atom stereocenters. The number of hydrogen-bond donors (Lipinski definition) is 2. The molecular weight excluding hydrogens is 244 g/mol. The van der Waals surface area contributed by atoms with Crippen LogP contribution in [0.3, 0.4) is 0 Å². The van der Waals surface area contributed by atoms with Gasteiger partial charge in [-0.05, 0) is 23.8 Å². The van der Waals surface area contributed by atoms with Gasteiger partial charge in [0.2, 0.25) is 0 Å². The summed E-state index contributed by atoms with van der Waals surface area (Å²) in [5, 5.41) is 10.4. The van der Waals surface area contributed by atoms with Gasteiger partial charge in [0.25, 0.3) is 0 Å². The van der Waals surface area contributed by atoms with Crippen molar-refractivity contribution in [3.8, 4) is 11.5 Å². The number of aromatic nitrogens is 1. The third kappa shape index (κ3) is 2.77. The van der Waals surface area contributed by atoms with E-state index < -0.39 is 6.10 Å². The Bertz CT molecular complexity index is 550. The number of aliphatic hydroxyl groups excluding tert-OH is 1. The number of pyridine rings is 1. The van der Waals surface area contributed by atoms with Crippen LogP contribution in [0.5, 0.6) is 11.5 Å². The second-order valence-corrected chi connectivity index (χ2v) is 4.03. The minimum Gasteiger partial charge on any atom is -0.497 e. The summed E-state index contributed by atoms with van der Waals surface area (Å²) in [5.74, 6) is 1.52. The van der Waals surface area contributed by atoms with E-state index in [2.05, 4.69) is 4.98 Å². The topological polar surface area (TPSA) is 77.6 Å². The van der Waals surface area contributed by atoms with Gasteiger partial charge in [-0.2, -0.15) is 0 Å². The second-order valence-electron chi connectivity index (χ2n) is 4.03. The molecule has 0 fully saturated rings. The average molecular weight is 260 g/mol. The highest BCUT2D eigenvalue weighted by molar-refractivity contribution is 5.47. The minimum absolute atomic E-state index is 0.303. The van der Waals surface area contributed by atoms with E-state index in [4.69, 9.17) is 15.2 Å². The van der Waals surface area contributed by atoms with E-state index in [1.807, 2.05) is 0 Å². The molecule has 0 saturated heterocycles. The molecule has 19 heavy (non-hydrogen) atoms. The fourth-order valence-corrected chi connectivity index (χ4v) is 1.83. The fraction of sp³-hybridized carbons (Fsp3) is 0.214. The molecule has 2 rings (SSSR count). The Morgan fingerprint density at radius 2 is 1.79 bits per heavy atom. The summed E-state index contributed by atoms with van der Waals surface area (Å²) in [4.78, 5) is 3.97. The Morgan fingerprint density at radius 1 is 1.16 bits per heavy atom. The van der Waals surface area contributed by atoms with E-state index >= 15 is 0 Å². The van der Waals surface area contributed by atoms with Crippen molar-refractivity contribution in [2.24, 2.45) is 0 Å². The number of nitrogens with zero attached hydrogens (tertiary/aromatic N) is 1. The van der Waals surface area contributed by atoms with Crippen molar-refractivity contribution in [1.82, 2.24) is 4.98 Å². The number of aliphatic hydroxyl groups is 1. The van der Waals surface area contributed by atoms with Gasteiger partial charge >= 0.3 is 0 Å². The number of anilines is 1. The van der Waals surface area contributed by atoms with Gasteiger partial charge in [-0.3, -0.25) is 0 Å². The van der Waals surface area contributed by atoms with Gasteiger partial charge in [-0.25, -0.2) is 4.98 Å². The standard InChI is InChI=1S/C14H16N2O3/c1-18-10-6-9(7-11(8-10)19-2)13(17)12-4-3-5-16-14(12)15/h3-8,13,17H,1-2H3,(H2,15,16). The maximum atomic E-state index is 10.4. The first kappa shape index (κ1) is 13.2. The van der Waals surface area contributed by atoms with Gasteiger partial charge in [0.1, 0.15) is 23.4 Å². The van der Waals surface area contributed by atoms with Crippen molar-refractivity contribution >= 4 is 5.82 Å². The van der Waals surface area contributed by atoms with Crippen LogP contribution in [0.15, 0.2) is 36.5 Å². The van der Waals surface area contributed by atoms with Gasteiger partial charge in [0.15, 0.2) is 0 Å². The van der Waals surface area contributed by atoms with Crippen LogP contribution in [-0.2, 0) is 0 Å². The molecule has 0 aliphatic heterocycles. The highest BCUT2D eigenvalue weighted by atomic mass is 16.5. The SMILES string of the molecule is COc1cc(OC)cc(C(O)c2cccnc2N)c1. The highest BCUT2D eigenvalue weighted by Gasteiger charge is 2.16. The van der Waals surface area contributed by atoms with Crippen LogP contribution in [0, 0.1) is 0 Å². The molecule has 0 bridgehead atoms. The lowest BCUT2D eigenvalue weighted by atomic mass is 10.0. The summed E-state index contributed by atoms with van der Waals surface area (Å²) in [6.45, 7) is 0. The molecule has 5 heteroatoms. The first-order chi connectivity index (χ1) is 9.15. The molecule has 0 amide bonds. The third-order valence-corrected chi connectivity index (χ3v) is 2.86. The molecule has 0 saturated carbocycles. The van der Waals surface area contributed by atoms with Crippen molar-refractivity contribution in [2.75, 3.05) is 20.0 Å². The van der Waals surface area contributed by atoms with E-state index in [1.165, 1.54) is 0 Å². The van der Waals surface area contributed by atoms with Crippen LogP contribution in [0.2, 0.25) is 0 Å². The molecule has 0 spiro atoms. The molecule has 0 radical (unpaired) electrons. The molecule has 3 N–H and O–H groups in total. The summed E-state index contributed by atoms with van der Waals surface area (Å²) >= 11 is 0. The van der Waals surface area contributed by atoms with Gasteiger partial charge in [-0.15, -0.1) is 0 Å². The Morgan fingerprint density at radius 3 is 2.32 bits per heavy atom. The zero-order valence-corrected chi connectivity index (χ0v) is 10.8. The van der Waals surface area contributed by atoms with E-state index in [-0.39, 0.29) is 0 Å². The van der Waals surface area contributed by atoms with Crippen LogP contribution in [-0.4, -0.2) is 24.3 Å². The van der Waals surface area contributed by atoms with E-state index in [1.54, 1.807) is 50.7 Å². The molecule has 0 aliphatic rings. The van der Waals surface area contributed by atoms with Crippen LogP contribution >= 0.6 is 0 Å². The van der Waals surface area contributed by atoms with Crippen LogP contribution in [0.25, 0.3) is 0 Å². The Kier molecular flexibility index (Phi) is 3.87. The van der Waals surface area contributed by atoms with Crippen molar-refractivity contribution < 1.29 is 14.6 Å². The zero-order valence-electron chi connectivity index (χ0n) is 10.8. The number of methoxy groups -OCH3 is 2. The maximum Gasteiger partial charge on any atom is 0.129 e. The van der Waals surface area contributed by atoms with Crippen molar-refractivity contribution in [1.29, 1.82) is 0 Å². The number of nitrogens with two attached hydrogens (primary N) is 1. The quantitative estimate of drug-likeness (QED) is 0.876. The van der Waals surface area contributed by atoms with Crippen LogP contribution < -0.4 is 15.2 Å². The summed E-state index contributed by atoms with van der Waals surface area (Å²) in [5.41, 5.74) is 6.95. The minimum atomic E-state index is -0.877. The number of ether oxygens (including phenoxy) is 2. The molecule has 1 aromatic carbocycles. The molecule has 1 atom stereocenters. The maximum absolute atomic E-state index is 10.4. The molecule has 1 aromatic heterocycles. The predicted molar refractivity (Wildman–Crippen MR) is 72.3 cm³/mol. The van der Waals surface area contributed by atoms with Crippen molar-refractivity contribution in [3.05, 3.63) is 47.7 Å². The number of benzene rings is 1. The van der Waals surface area contributed by atoms with Crippen LogP contribution in [0.1, 0.15) is 17.2 Å². The summed E-state index contributed by atoms with van der Waals surface area (Å²) in [7, 11) is 3.12. The van der Waals surface area contributed by atoms with Gasteiger partial charge in [-0.1, -0.05) is 6.07 Å². The highest BCUT2D eigenvalue weighted by Crippen LogP contribution is 2.31. The molecule has 0 aliphatic carbocycles. The number of nitrogen functional groups attached to an aromatic ring is 1. The number of hydrogen-bond acceptors (Lipinski definition) is 5. The smallest absolute Gasteiger partial charge is 0.129 e. The lowest BCUT2D eigenvalue weighted by molar-refractivity contribution is 0.219. The predicted octanol–water partition coefficient (Wildman–Crippen LogP) is 1.76. The van der Waals surface area contributed by atoms with Gasteiger partial charge < -0.3 is 20.3 Å². The average Bonchev–Trinajstić information content (AvgIpc) is 2.46. The van der Waals surface area contributed by atoms with Crippen molar-refractivity contribution in [3.63, 3.8) is 0 Å². The molecule has 1 heterocycles. The molecule has 100 valence electrons. The van der Waals surface area contributed by atoms with E-state index in [0.717, 1.165) is 0 Å². The van der Waals surface area contributed by atoms with Gasteiger partial charge in [0.05, 0.1) is 14.2 Å². The summed E-state index contributed by atoms with van der Waals surface area (Å²) in [6, 6.07) is 8.67. The van der Waals surface area contributed by atoms with Gasteiger partial charge in [0, 0.05) is 17.8 Å². The van der Waals surface area contributed by atoms with Crippen LogP contribution in [0.4, 0.5) is 5.82 Å². The van der Waals surface area contributed by atoms with E-state index in [0.29, 0.717) is 28.4 Å². The monoisotopic (exact) mass is 260 g/mol. The molecule has 5 nitrogen and oxygen atoms in total. The first-order valence-corrected chi connectivity index (χ1v) is 5.77. The largest absolute Gasteiger partial charge is 0.497 e. The summed E-state index contributed by atoms with van der Waals surface area (Å²) < 4.78 is 10.4. The molecular formula is C14H16N2O3. The van der Waals surface area contributed by atoms with Crippen molar-refractivity contribution in [2.45, 2.75) is 6.10 Å². The molecule has 2 aromatic rings. The summed E-state index contributed by atoms with van der Waals surface area (Å²) in [6.07, 6.45) is 0.704. The third-order valence-electron chi connectivity index (χ3n) is 2.86. The Labute approximate surface area is 111 Å². The lowest BCUT2D eigenvalue weighted by Gasteiger charge is -2.15. The first-order valence-electron chi connectivity index (χ1n) is 5.77. The lowest BCUT2D eigenvalue weighted by Crippen LogP contribution is -2.05.